The molecule has 0 aromatic rings. The molecule has 84 valence electrons. The van der Waals surface area contributed by atoms with Gasteiger partial charge >= 0.3 is 0 Å². The van der Waals surface area contributed by atoms with Crippen molar-refractivity contribution in [1.82, 2.24) is 5.32 Å². The molecule has 0 amide bonds. The third-order valence-electron chi connectivity index (χ3n) is 3.05. The number of alkyl halides is 1. The van der Waals surface area contributed by atoms with Crippen molar-refractivity contribution in [3.63, 3.8) is 0 Å². The van der Waals surface area contributed by atoms with Gasteiger partial charge in [0.25, 0.3) is 0 Å². The van der Waals surface area contributed by atoms with E-state index >= 15 is 0 Å². The quantitative estimate of drug-likeness (QED) is 0.559. The third kappa shape index (κ3) is 5.21. The Morgan fingerprint density at radius 2 is 1.71 bits per heavy atom. The molecule has 0 bridgehead atoms. The van der Waals surface area contributed by atoms with Gasteiger partial charge in [0.05, 0.1) is 0 Å². The van der Waals surface area contributed by atoms with Gasteiger partial charge in [-0.05, 0) is 33.1 Å². The lowest BCUT2D eigenvalue weighted by atomic mass is 10.1. The summed E-state index contributed by atoms with van der Waals surface area (Å²) in [4.78, 5) is 0. The maximum absolute atomic E-state index is 5.98. The van der Waals surface area contributed by atoms with Gasteiger partial charge in [0.1, 0.15) is 0 Å². The van der Waals surface area contributed by atoms with Crippen molar-refractivity contribution in [2.75, 3.05) is 0 Å². The molecule has 1 rings (SSSR count). The molecule has 1 saturated carbocycles. The lowest BCUT2D eigenvalue weighted by molar-refractivity contribution is 0.393. The Labute approximate surface area is 93.6 Å². The lowest BCUT2D eigenvalue weighted by Crippen LogP contribution is -2.37. The summed E-state index contributed by atoms with van der Waals surface area (Å²) in [6.45, 7) is 4.33. The van der Waals surface area contributed by atoms with E-state index in [-0.39, 0.29) is 0 Å². The van der Waals surface area contributed by atoms with Crippen LogP contribution in [0.25, 0.3) is 0 Å². The molecule has 0 heterocycles. The Kier molecular flexibility index (Phi) is 5.88. The van der Waals surface area contributed by atoms with E-state index in [9.17, 15) is 0 Å². The highest BCUT2D eigenvalue weighted by molar-refractivity contribution is 6.20. The minimum Gasteiger partial charge on any atom is -0.311 e. The van der Waals surface area contributed by atoms with Gasteiger partial charge < -0.3 is 5.32 Å². The van der Waals surface area contributed by atoms with Crippen LogP contribution < -0.4 is 5.32 Å². The van der Waals surface area contributed by atoms with Gasteiger partial charge in [0, 0.05) is 17.5 Å². The predicted molar refractivity (Wildman–Crippen MR) is 64.0 cm³/mol. The zero-order valence-electron chi connectivity index (χ0n) is 9.56. The molecule has 0 aromatic heterocycles. The molecule has 1 aliphatic rings. The number of nitrogens with one attached hydrogen (secondary N) is 1. The van der Waals surface area contributed by atoms with Gasteiger partial charge in [-0.1, -0.05) is 25.7 Å². The number of rotatable bonds is 4. The van der Waals surface area contributed by atoms with Gasteiger partial charge in [-0.2, -0.15) is 0 Å². The molecule has 1 nitrogen and oxygen atoms in total. The third-order valence-corrected chi connectivity index (χ3v) is 3.23. The van der Waals surface area contributed by atoms with E-state index in [1.54, 1.807) is 0 Å². The Hall–Kier alpha value is 0.250. The first-order chi connectivity index (χ1) is 6.68. The molecule has 0 spiro atoms. The first-order valence-electron chi connectivity index (χ1n) is 6.08. The van der Waals surface area contributed by atoms with Crippen LogP contribution in [0.3, 0.4) is 0 Å². The van der Waals surface area contributed by atoms with Gasteiger partial charge in [-0.25, -0.2) is 0 Å². The zero-order chi connectivity index (χ0) is 10.4. The molecule has 1 fully saturated rings. The smallest absolute Gasteiger partial charge is 0.0322 e. The summed E-state index contributed by atoms with van der Waals surface area (Å²) < 4.78 is 0. The van der Waals surface area contributed by atoms with Crippen LogP contribution in [0.15, 0.2) is 0 Å². The van der Waals surface area contributed by atoms with Crippen LogP contribution in [-0.4, -0.2) is 17.5 Å². The second-order valence-corrected chi connectivity index (χ2v) is 5.52. The zero-order valence-corrected chi connectivity index (χ0v) is 10.3. The Balaban J connectivity index is 2.20. The van der Waals surface area contributed by atoms with E-state index in [4.69, 9.17) is 11.6 Å². The van der Waals surface area contributed by atoms with Crippen molar-refractivity contribution >= 4 is 11.6 Å². The molecule has 2 unspecified atom stereocenters. The first kappa shape index (κ1) is 12.3. The molecule has 0 radical (unpaired) electrons. The fourth-order valence-corrected chi connectivity index (χ4v) is 2.67. The van der Waals surface area contributed by atoms with Crippen molar-refractivity contribution in [3.05, 3.63) is 0 Å². The fourth-order valence-electron chi connectivity index (χ4n) is 2.40. The van der Waals surface area contributed by atoms with Gasteiger partial charge in [-0.15, -0.1) is 11.6 Å². The number of hydrogen-bond donors (Lipinski definition) is 1. The monoisotopic (exact) mass is 217 g/mol. The molecule has 0 aromatic carbocycles. The SMILES string of the molecule is CC(Cl)CC(C)NC1CCCCCC1. The molecule has 2 heteroatoms. The molecule has 0 aliphatic heterocycles. The summed E-state index contributed by atoms with van der Waals surface area (Å²) in [5.41, 5.74) is 0. The van der Waals surface area contributed by atoms with Crippen LogP contribution in [0.4, 0.5) is 0 Å². The average Bonchev–Trinajstić information content (AvgIpc) is 2.31. The first-order valence-corrected chi connectivity index (χ1v) is 6.52. The van der Waals surface area contributed by atoms with E-state index in [0.717, 1.165) is 12.5 Å². The molecular weight excluding hydrogens is 194 g/mol. The van der Waals surface area contributed by atoms with Gasteiger partial charge in [0.15, 0.2) is 0 Å². The van der Waals surface area contributed by atoms with Crippen molar-refractivity contribution in [3.8, 4) is 0 Å². The second-order valence-electron chi connectivity index (χ2n) is 4.77. The van der Waals surface area contributed by atoms with Gasteiger partial charge in [-0.3, -0.25) is 0 Å². The maximum Gasteiger partial charge on any atom is 0.0322 e. The summed E-state index contributed by atoms with van der Waals surface area (Å²) in [6, 6.07) is 1.33. The summed E-state index contributed by atoms with van der Waals surface area (Å²) in [7, 11) is 0. The average molecular weight is 218 g/mol. The predicted octanol–water partition coefficient (Wildman–Crippen LogP) is 3.70. The minimum absolute atomic E-state index is 0.295. The topological polar surface area (TPSA) is 12.0 Å². The van der Waals surface area contributed by atoms with E-state index in [1.165, 1.54) is 38.5 Å². The summed E-state index contributed by atoms with van der Waals surface area (Å²) in [5, 5.41) is 4.00. The van der Waals surface area contributed by atoms with Crippen LogP contribution >= 0.6 is 11.6 Å². The Morgan fingerprint density at radius 1 is 1.14 bits per heavy atom. The highest BCUT2D eigenvalue weighted by atomic mass is 35.5. The second kappa shape index (κ2) is 6.68. The number of halogens is 1. The standard InChI is InChI=1S/C12H24ClN/c1-10(13)9-11(2)14-12-7-5-3-4-6-8-12/h10-12,14H,3-9H2,1-2H3. The minimum atomic E-state index is 0.295. The highest BCUT2D eigenvalue weighted by Gasteiger charge is 2.15. The van der Waals surface area contributed by atoms with Crippen molar-refractivity contribution in [2.45, 2.75) is 76.3 Å². The molecule has 2 atom stereocenters. The molecule has 1 N–H and O–H groups in total. The van der Waals surface area contributed by atoms with Crippen LogP contribution in [0.5, 0.6) is 0 Å². The largest absolute Gasteiger partial charge is 0.311 e. The van der Waals surface area contributed by atoms with E-state index < -0.39 is 0 Å². The van der Waals surface area contributed by atoms with Crippen molar-refractivity contribution < 1.29 is 0 Å². The summed E-state index contributed by atoms with van der Waals surface area (Å²) in [5.74, 6) is 0. The van der Waals surface area contributed by atoms with Crippen LogP contribution in [0, 0.1) is 0 Å². The molecule has 0 saturated heterocycles. The summed E-state index contributed by atoms with van der Waals surface area (Å²) in [6.07, 6.45) is 9.47. The maximum atomic E-state index is 5.98. The molecule has 1 aliphatic carbocycles. The Morgan fingerprint density at radius 3 is 2.21 bits per heavy atom. The van der Waals surface area contributed by atoms with Crippen molar-refractivity contribution in [2.24, 2.45) is 0 Å². The Bertz CT molecular complexity index is 139. The van der Waals surface area contributed by atoms with E-state index in [2.05, 4.69) is 19.2 Å². The normalized spacial score (nSPS) is 24.2. The van der Waals surface area contributed by atoms with Crippen LogP contribution in [0.2, 0.25) is 0 Å². The fraction of sp³-hybridized carbons (Fsp3) is 1.00. The lowest BCUT2D eigenvalue weighted by Gasteiger charge is -2.22. The van der Waals surface area contributed by atoms with Crippen molar-refractivity contribution in [1.29, 1.82) is 0 Å². The van der Waals surface area contributed by atoms with E-state index in [1.807, 2.05) is 0 Å². The number of hydrogen-bond acceptors (Lipinski definition) is 1. The van der Waals surface area contributed by atoms with E-state index in [0.29, 0.717) is 11.4 Å². The van der Waals surface area contributed by atoms with Crippen LogP contribution in [-0.2, 0) is 0 Å². The molecule has 14 heavy (non-hydrogen) atoms. The van der Waals surface area contributed by atoms with Gasteiger partial charge in [0.2, 0.25) is 0 Å². The molecular formula is C12H24ClN. The van der Waals surface area contributed by atoms with Crippen LogP contribution in [0.1, 0.15) is 58.8 Å². The highest BCUT2D eigenvalue weighted by Crippen LogP contribution is 2.18. The summed E-state index contributed by atoms with van der Waals surface area (Å²) >= 11 is 5.98.